The van der Waals surface area contributed by atoms with E-state index in [1.807, 2.05) is 12.1 Å². The monoisotopic (exact) mass is 441 g/mol. The van der Waals surface area contributed by atoms with Crippen LogP contribution in [0.4, 0.5) is 0 Å². The van der Waals surface area contributed by atoms with Gasteiger partial charge in [-0.1, -0.05) is 18.1 Å². The molecule has 0 bridgehead atoms. The predicted octanol–water partition coefficient (Wildman–Crippen LogP) is 3.10. The number of carbonyl (C=O) groups excluding carboxylic acids is 1. The van der Waals surface area contributed by atoms with Gasteiger partial charge in [0, 0.05) is 13.5 Å². The van der Waals surface area contributed by atoms with E-state index in [1.54, 1.807) is 17.9 Å². The van der Waals surface area contributed by atoms with Gasteiger partial charge in [-0.05, 0) is 56.6 Å². The Hall–Kier alpha value is -2.97. The molecule has 9 nitrogen and oxygen atoms in total. The number of aliphatic carboxylic acids is 1. The maximum absolute atomic E-state index is 12.3. The van der Waals surface area contributed by atoms with Crippen molar-refractivity contribution < 1.29 is 19.4 Å². The quantitative estimate of drug-likeness (QED) is 0.646. The Balaban J connectivity index is 1.36. The fourth-order valence-corrected chi connectivity index (χ4v) is 4.76. The molecule has 2 N–H and O–H groups in total. The summed E-state index contributed by atoms with van der Waals surface area (Å²) in [7, 11) is 1.80. The van der Waals surface area contributed by atoms with Crippen molar-refractivity contribution in [3.05, 3.63) is 24.0 Å². The fourth-order valence-electron chi connectivity index (χ4n) is 4.76. The van der Waals surface area contributed by atoms with Crippen molar-refractivity contribution in [1.29, 1.82) is 0 Å². The minimum absolute atomic E-state index is 0.0629. The lowest BCUT2D eigenvalue weighted by Crippen LogP contribution is -2.29. The highest BCUT2D eigenvalue weighted by Crippen LogP contribution is 2.29. The molecule has 0 aromatic carbocycles. The van der Waals surface area contributed by atoms with Crippen LogP contribution in [0.15, 0.2) is 18.3 Å². The largest absolute Gasteiger partial charge is 0.489 e. The summed E-state index contributed by atoms with van der Waals surface area (Å²) in [4.78, 5) is 28.1. The standard InChI is InChI=1S/C23H31N5O4/c1-28-20(14-25-21(29)11-15-5-2-3-6-15)22(26-27-28)19-10-9-18(13-24-19)32-17-8-4-7-16(12-17)23(30)31/h9-10,13,15-17H,2-8,11-12,14H2,1H3,(H,25,29)(H,30,31)/t16-,17-/m0/s1. The van der Waals surface area contributed by atoms with Gasteiger partial charge in [0.15, 0.2) is 0 Å². The number of carbonyl (C=O) groups is 2. The number of nitrogens with zero attached hydrogens (tertiary/aromatic N) is 4. The van der Waals surface area contributed by atoms with Crippen LogP contribution in [0.1, 0.15) is 63.5 Å². The number of nitrogens with one attached hydrogen (secondary N) is 1. The predicted molar refractivity (Wildman–Crippen MR) is 117 cm³/mol. The first kappa shape index (κ1) is 22.2. The van der Waals surface area contributed by atoms with Crippen LogP contribution in [0.5, 0.6) is 5.75 Å². The van der Waals surface area contributed by atoms with E-state index < -0.39 is 5.97 Å². The molecule has 2 heterocycles. The molecule has 2 saturated carbocycles. The van der Waals surface area contributed by atoms with Gasteiger partial charge in [0.25, 0.3) is 0 Å². The fraction of sp³-hybridized carbons (Fsp3) is 0.609. The van der Waals surface area contributed by atoms with Gasteiger partial charge in [-0.15, -0.1) is 5.10 Å². The van der Waals surface area contributed by atoms with Crippen molar-refractivity contribution in [1.82, 2.24) is 25.3 Å². The summed E-state index contributed by atoms with van der Waals surface area (Å²) in [6, 6.07) is 3.64. The van der Waals surface area contributed by atoms with Crippen molar-refractivity contribution in [3.8, 4) is 17.1 Å². The summed E-state index contributed by atoms with van der Waals surface area (Å²) >= 11 is 0. The molecule has 2 aliphatic rings. The van der Waals surface area contributed by atoms with Gasteiger partial charge < -0.3 is 15.2 Å². The van der Waals surface area contributed by atoms with Crippen molar-refractivity contribution in [2.75, 3.05) is 0 Å². The lowest BCUT2D eigenvalue weighted by Gasteiger charge is -2.27. The van der Waals surface area contributed by atoms with Crippen LogP contribution in [0, 0.1) is 11.8 Å². The number of amides is 1. The number of aryl methyl sites for hydroxylation is 1. The zero-order valence-electron chi connectivity index (χ0n) is 18.5. The zero-order chi connectivity index (χ0) is 22.5. The molecule has 9 heteroatoms. The Kier molecular flexibility index (Phi) is 7.02. The second-order valence-corrected chi connectivity index (χ2v) is 8.96. The molecule has 0 spiro atoms. The SMILES string of the molecule is Cn1nnc(-c2ccc(O[C@H]3CCC[C@H](C(=O)O)C3)cn2)c1CNC(=O)CC1CCCC1. The molecule has 0 radical (unpaired) electrons. The first-order valence-electron chi connectivity index (χ1n) is 11.5. The number of carboxylic acid groups (broad SMARTS) is 1. The van der Waals surface area contributed by atoms with Crippen molar-refractivity contribution in [2.45, 2.75) is 70.4 Å². The second kappa shape index (κ2) is 10.1. The Bertz CT molecular complexity index is 936. The summed E-state index contributed by atoms with van der Waals surface area (Å²) in [6.45, 7) is 0.350. The normalized spacial score (nSPS) is 21.4. The first-order chi connectivity index (χ1) is 15.5. The van der Waals surface area contributed by atoms with Crippen LogP contribution in [0.3, 0.4) is 0 Å². The molecule has 172 valence electrons. The molecule has 0 saturated heterocycles. The molecule has 2 atom stereocenters. The number of aromatic nitrogens is 4. The third kappa shape index (κ3) is 5.44. The van der Waals surface area contributed by atoms with Gasteiger partial charge in [-0.2, -0.15) is 0 Å². The van der Waals surface area contributed by atoms with E-state index in [0.717, 1.165) is 31.4 Å². The van der Waals surface area contributed by atoms with Crippen LogP contribution < -0.4 is 10.1 Å². The van der Waals surface area contributed by atoms with Gasteiger partial charge in [0.2, 0.25) is 5.91 Å². The van der Waals surface area contributed by atoms with Crippen LogP contribution in [-0.4, -0.2) is 43.1 Å². The minimum atomic E-state index is -0.753. The van der Waals surface area contributed by atoms with E-state index in [2.05, 4.69) is 20.6 Å². The number of carboxylic acids is 1. The average molecular weight is 442 g/mol. The smallest absolute Gasteiger partial charge is 0.306 e. The van der Waals surface area contributed by atoms with E-state index in [4.69, 9.17) is 4.74 Å². The van der Waals surface area contributed by atoms with E-state index in [0.29, 0.717) is 48.9 Å². The van der Waals surface area contributed by atoms with Gasteiger partial charge in [-0.3, -0.25) is 14.6 Å². The zero-order valence-corrected chi connectivity index (χ0v) is 18.5. The van der Waals surface area contributed by atoms with E-state index in [1.165, 1.54) is 12.8 Å². The Morgan fingerprint density at radius 2 is 2.00 bits per heavy atom. The van der Waals surface area contributed by atoms with Crippen LogP contribution >= 0.6 is 0 Å². The maximum Gasteiger partial charge on any atom is 0.306 e. The number of hydrogen-bond acceptors (Lipinski definition) is 6. The lowest BCUT2D eigenvalue weighted by molar-refractivity contribution is -0.143. The van der Waals surface area contributed by atoms with Crippen LogP contribution in [-0.2, 0) is 23.2 Å². The van der Waals surface area contributed by atoms with E-state index in [-0.39, 0.29) is 17.9 Å². The van der Waals surface area contributed by atoms with Crippen LogP contribution in [0.25, 0.3) is 11.4 Å². The van der Waals surface area contributed by atoms with Crippen LogP contribution in [0.2, 0.25) is 0 Å². The maximum atomic E-state index is 12.3. The molecule has 2 aromatic heterocycles. The Morgan fingerprint density at radius 3 is 2.72 bits per heavy atom. The molecule has 2 fully saturated rings. The number of hydrogen-bond donors (Lipinski definition) is 2. The van der Waals surface area contributed by atoms with E-state index in [9.17, 15) is 14.7 Å². The highest BCUT2D eigenvalue weighted by atomic mass is 16.5. The molecule has 4 rings (SSSR count). The van der Waals surface area contributed by atoms with Crippen molar-refractivity contribution in [3.63, 3.8) is 0 Å². The molecule has 0 aliphatic heterocycles. The summed E-state index contributed by atoms with van der Waals surface area (Å²) in [5.74, 6) is 0.0839. The first-order valence-corrected chi connectivity index (χ1v) is 11.5. The Morgan fingerprint density at radius 1 is 1.19 bits per heavy atom. The summed E-state index contributed by atoms with van der Waals surface area (Å²) < 4.78 is 7.64. The van der Waals surface area contributed by atoms with Crippen molar-refractivity contribution in [2.24, 2.45) is 18.9 Å². The number of pyridine rings is 1. The molecule has 1 amide bonds. The summed E-state index contributed by atoms with van der Waals surface area (Å²) in [6.07, 6.45) is 9.75. The highest BCUT2D eigenvalue weighted by molar-refractivity contribution is 5.76. The summed E-state index contributed by atoms with van der Waals surface area (Å²) in [5, 5.41) is 20.6. The van der Waals surface area contributed by atoms with Gasteiger partial charge in [0.1, 0.15) is 11.4 Å². The Labute approximate surface area is 187 Å². The lowest BCUT2D eigenvalue weighted by atomic mass is 9.87. The highest BCUT2D eigenvalue weighted by Gasteiger charge is 2.28. The van der Waals surface area contributed by atoms with Gasteiger partial charge in [-0.25, -0.2) is 4.68 Å². The molecule has 32 heavy (non-hydrogen) atoms. The molecule has 2 aromatic rings. The number of ether oxygens (including phenoxy) is 1. The molecule has 2 aliphatic carbocycles. The second-order valence-electron chi connectivity index (χ2n) is 8.96. The third-order valence-electron chi connectivity index (χ3n) is 6.60. The van der Waals surface area contributed by atoms with Gasteiger partial charge >= 0.3 is 5.97 Å². The minimum Gasteiger partial charge on any atom is -0.489 e. The third-order valence-corrected chi connectivity index (χ3v) is 6.60. The summed E-state index contributed by atoms with van der Waals surface area (Å²) in [5.41, 5.74) is 2.07. The van der Waals surface area contributed by atoms with Crippen molar-refractivity contribution >= 4 is 11.9 Å². The molecular formula is C23H31N5O4. The molecule has 0 unspecified atom stereocenters. The van der Waals surface area contributed by atoms with Gasteiger partial charge in [0.05, 0.1) is 36.2 Å². The molecular weight excluding hydrogens is 410 g/mol. The van der Waals surface area contributed by atoms with E-state index >= 15 is 0 Å². The topological polar surface area (TPSA) is 119 Å². The average Bonchev–Trinajstić information content (AvgIpc) is 3.42. The number of rotatable bonds is 8.